The summed E-state index contributed by atoms with van der Waals surface area (Å²) in [6.07, 6.45) is 3.24. The Morgan fingerprint density at radius 1 is 1.26 bits per heavy atom. The quantitative estimate of drug-likeness (QED) is 0.883. The van der Waals surface area contributed by atoms with E-state index in [-0.39, 0.29) is 5.91 Å². The number of amides is 1. The lowest BCUT2D eigenvalue weighted by atomic mass is 10.2. The second kappa shape index (κ2) is 5.79. The van der Waals surface area contributed by atoms with E-state index < -0.39 is 0 Å². The second-order valence-electron chi connectivity index (χ2n) is 4.10. The normalized spacial score (nSPS) is 10.1. The van der Waals surface area contributed by atoms with Gasteiger partial charge in [0.25, 0.3) is 5.91 Å². The fraction of sp³-hybridized carbons (Fsp3) is 0.154. The van der Waals surface area contributed by atoms with Gasteiger partial charge in [0.1, 0.15) is 10.4 Å². The molecule has 0 radical (unpaired) electrons. The number of hydrogen-bond acceptors (Lipinski definition) is 4. The van der Waals surface area contributed by atoms with Crippen molar-refractivity contribution in [3.63, 3.8) is 0 Å². The third-order valence-corrected chi connectivity index (χ3v) is 3.10. The number of halogens is 1. The van der Waals surface area contributed by atoms with E-state index in [0.717, 1.165) is 5.82 Å². The van der Waals surface area contributed by atoms with Crippen LogP contribution in [0.2, 0.25) is 0 Å². The number of pyridine rings is 2. The van der Waals surface area contributed by atoms with Crippen molar-refractivity contribution in [1.29, 1.82) is 0 Å². The zero-order chi connectivity index (χ0) is 13.8. The fourth-order valence-corrected chi connectivity index (χ4v) is 1.91. The summed E-state index contributed by atoms with van der Waals surface area (Å²) >= 11 is 3.25. The summed E-state index contributed by atoms with van der Waals surface area (Å²) in [6, 6.07) is 7.07. The SMILES string of the molecule is CN(C)c1ccc(NC(=O)c2cccnc2Br)cn1. The van der Waals surface area contributed by atoms with Gasteiger partial charge in [0, 0.05) is 20.3 Å². The zero-order valence-electron chi connectivity index (χ0n) is 10.6. The van der Waals surface area contributed by atoms with Crippen LogP contribution in [-0.2, 0) is 0 Å². The van der Waals surface area contributed by atoms with E-state index in [1.807, 2.05) is 31.1 Å². The molecule has 2 aromatic heterocycles. The Morgan fingerprint density at radius 2 is 2.05 bits per heavy atom. The van der Waals surface area contributed by atoms with Gasteiger partial charge in [-0.1, -0.05) is 0 Å². The number of nitrogens with one attached hydrogen (secondary N) is 1. The molecule has 2 rings (SSSR count). The fourth-order valence-electron chi connectivity index (χ4n) is 1.48. The van der Waals surface area contributed by atoms with Gasteiger partial charge in [-0.25, -0.2) is 9.97 Å². The third-order valence-electron chi connectivity index (χ3n) is 2.47. The van der Waals surface area contributed by atoms with Crippen molar-refractivity contribution in [3.8, 4) is 0 Å². The van der Waals surface area contributed by atoms with Crippen LogP contribution in [-0.4, -0.2) is 30.0 Å². The maximum Gasteiger partial charge on any atom is 0.258 e. The highest BCUT2D eigenvalue weighted by Gasteiger charge is 2.10. The highest BCUT2D eigenvalue weighted by Crippen LogP contribution is 2.16. The second-order valence-corrected chi connectivity index (χ2v) is 4.85. The topological polar surface area (TPSA) is 58.1 Å². The summed E-state index contributed by atoms with van der Waals surface area (Å²) in [4.78, 5) is 22.2. The molecule has 0 aromatic carbocycles. The predicted molar refractivity (Wildman–Crippen MR) is 78.5 cm³/mol. The molecule has 0 atom stereocenters. The molecular weight excluding hydrogens is 308 g/mol. The standard InChI is InChI=1S/C13H13BrN4O/c1-18(2)11-6-5-9(8-16-11)17-13(19)10-4-3-7-15-12(10)14/h3-8H,1-2H3,(H,17,19). The highest BCUT2D eigenvalue weighted by atomic mass is 79.9. The third kappa shape index (κ3) is 3.29. The van der Waals surface area contributed by atoms with Crippen molar-refractivity contribution in [2.45, 2.75) is 0 Å². The van der Waals surface area contributed by atoms with Gasteiger partial charge < -0.3 is 10.2 Å². The Balaban J connectivity index is 2.13. The van der Waals surface area contributed by atoms with Crippen molar-refractivity contribution >= 4 is 33.3 Å². The molecule has 1 N–H and O–H groups in total. The zero-order valence-corrected chi connectivity index (χ0v) is 12.2. The first-order valence-corrected chi connectivity index (χ1v) is 6.42. The molecule has 5 nitrogen and oxygen atoms in total. The molecule has 0 saturated carbocycles. The molecule has 2 heterocycles. The van der Waals surface area contributed by atoms with Crippen LogP contribution in [0.5, 0.6) is 0 Å². The van der Waals surface area contributed by atoms with Gasteiger partial charge in [0.05, 0.1) is 17.4 Å². The highest BCUT2D eigenvalue weighted by molar-refractivity contribution is 9.10. The maximum absolute atomic E-state index is 12.0. The summed E-state index contributed by atoms with van der Waals surface area (Å²) < 4.78 is 0.519. The van der Waals surface area contributed by atoms with E-state index >= 15 is 0 Å². The number of aromatic nitrogens is 2. The van der Waals surface area contributed by atoms with E-state index in [1.165, 1.54) is 0 Å². The first kappa shape index (κ1) is 13.5. The van der Waals surface area contributed by atoms with Crippen LogP contribution in [0, 0.1) is 0 Å². The molecule has 0 aliphatic heterocycles. The van der Waals surface area contributed by atoms with E-state index in [2.05, 4.69) is 31.2 Å². The van der Waals surface area contributed by atoms with Crippen LogP contribution in [0.1, 0.15) is 10.4 Å². The Morgan fingerprint density at radius 3 is 2.63 bits per heavy atom. The van der Waals surface area contributed by atoms with Gasteiger partial charge >= 0.3 is 0 Å². The first-order chi connectivity index (χ1) is 9.08. The van der Waals surface area contributed by atoms with Crippen LogP contribution in [0.15, 0.2) is 41.3 Å². The van der Waals surface area contributed by atoms with Gasteiger partial charge in [-0.2, -0.15) is 0 Å². The van der Waals surface area contributed by atoms with Crippen molar-refractivity contribution in [2.75, 3.05) is 24.3 Å². The van der Waals surface area contributed by atoms with Crippen molar-refractivity contribution in [2.24, 2.45) is 0 Å². The number of nitrogens with zero attached hydrogens (tertiary/aromatic N) is 3. The molecule has 0 spiro atoms. The molecule has 2 aromatic rings. The number of anilines is 2. The Bertz CT molecular complexity index is 583. The Labute approximate surface area is 119 Å². The lowest BCUT2D eigenvalue weighted by molar-refractivity contribution is 0.102. The molecule has 0 bridgehead atoms. The molecule has 98 valence electrons. The maximum atomic E-state index is 12.0. The molecule has 0 aliphatic rings. The largest absolute Gasteiger partial charge is 0.363 e. The summed E-state index contributed by atoms with van der Waals surface area (Å²) in [5.74, 6) is 0.611. The van der Waals surface area contributed by atoms with E-state index in [4.69, 9.17) is 0 Å². The van der Waals surface area contributed by atoms with Crippen LogP contribution < -0.4 is 10.2 Å². The molecule has 6 heteroatoms. The van der Waals surface area contributed by atoms with E-state index in [9.17, 15) is 4.79 Å². The number of hydrogen-bond donors (Lipinski definition) is 1. The molecule has 0 unspecified atom stereocenters. The average molecular weight is 321 g/mol. The van der Waals surface area contributed by atoms with Crippen LogP contribution >= 0.6 is 15.9 Å². The van der Waals surface area contributed by atoms with Gasteiger partial charge in [-0.05, 0) is 40.2 Å². The molecule has 0 saturated heterocycles. The molecule has 19 heavy (non-hydrogen) atoms. The first-order valence-electron chi connectivity index (χ1n) is 5.63. The number of rotatable bonds is 3. The predicted octanol–water partition coefficient (Wildman–Crippen LogP) is 2.56. The minimum Gasteiger partial charge on any atom is -0.363 e. The Hall–Kier alpha value is -1.95. The van der Waals surface area contributed by atoms with Crippen molar-refractivity contribution < 1.29 is 4.79 Å². The summed E-state index contributed by atoms with van der Waals surface area (Å²) in [7, 11) is 3.82. The van der Waals surface area contributed by atoms with Crippen molar-refractivity contribution in [3.05, 3.63) is 46.8 Å². The monoisotopic (exact) mass is 320 g/mol. The lowest BCUT2D eigenvalue weighted by Gasteiger charge is -2.11. The van der Waals surface area contributed by atoms with E-state index in [1.54, 1.807) is 24.5 Å². The van der Waals surface area contributed by atoms with Gasteiger partial charge in [-0.15, -0.1) is 0 Å². The Kier molecular flexibility index (Phi) is 4.11. The lowest BCUT2D eigenvalue weighted by Crippen LogP contribution is -2.14. The van der Waals surface area contributed by atoms with E-state index in [0.29, 0.717) is 15.9 Å². The molecule has 1 amide bonds. The summed E-state index contributed by atoms with van der Waals surface area (Å²) in [5.41, 5.74) is 1.13. The van der Waals surface area contributed by atoms with Crippen LogP contribution in [0.3, 0.4) is 0 Å². The van der Waals surface area contributed by atoms with Crippen LogP contribution in [0.25, 0.3) is 0 Å². The molecular formula is C13H13BrN4O. The smallest absolute Gasteiger partial charge is 0.258 e. The van der Waals surface area contributed by atoms with Gasteiger partial charge in [0.2, 0.25) is 0 Å². The van der Waals surface area contributed by atoms with Crippen molar-refractivity contribution in [1.82, 2.24) is 9.97 Å². The van der Waals surface area contributed by atoms with Crippen LogP contribution in [0.4, 0.5) is 11.5 Å². The minimum absolute atomic E-state index is 0.223. The minimum atomic E-state index is -0.223. The molecule has 0 aliphatic carbocycles. The van der Waals surface area contributed by atoms with Gasteiger partial charge in [-0.3, -0.25) is 4.79 Å². The summed E-state index contributed by atoms with van der Waals surface area (Å²) in [6.45, 7) is 0. The average Bonchev–Trinajstić information content (AvgIpc) is 2.39. The number of carbonyl (C=O) groups is 1. The van der Waals surface area contributed by atoms with Gasteiger partial charge in [0.15, 0.2) is 0 Å². The summed E-state index contributed by atoms with van der Waals surface area (Å²) in [5, 5.41) is 2.78. The number of carbonyl (C=O) groups excluding carboxylic acids is 1. The molecule has 0 fully saturated rings.